The van der Waals surface area contributed by atoms with Crippen molar-refractivity contribution in [3.05, 3.63) is 28.8 Å². The number of piperidine rings is 1. The topological polar surface area (TPSA) is 38.8 Å². The maximum absolute atomic E-state index is 12.4. The maximum Gasteiger partial charge on any atom is 0.246 e. The standard InChI is InChI=1S/C19H26ClNO3/c1-13(2)24-19-16(20)11-15(12-17(19)23-4)8-9-18(22)21-10-6-5-7-14(21)3/h8-9,11-14H,5-7,10H2,1-4H3/b9-8+. The van der Waals surface area contributed by atoms with Crippen molar-refractivity contribution in [2.45, 2.75) is 52.2 Å². The van der Waals surface area contributed by atoms with Gasteiger partial charge >= 0.3 is 0 Å². The van der Waals surface area contributed by atoms with Crippen LogP contribution in [0.3, 0.4) is 0 Å². The number of hydrogen-bond acceptors (Lipinski definition) is 3. The molecule has 0 saturated carbocycles. The minimum Gasteiger partial charge on any atom is -0.493 e. The van der Waals surface area contributed by atoms with Crippen LogP contribution in [0.1, 0.15) is 45.6 Å². The van der Waals surface area contributed by atoms with Gasteiger partial charge in [-0.2, -0.15) is 0 Å². The van der Waals surface area contributed by atoms with Crippen LogP contribution in [0.5, 0.6) is 11.5 Å². The van der Waals surface area contributed by atoms with Crippen molar-refractivity contribution < 1.29 is 14.3 Å². The lowest BCUT2D eigenvalue weighted by molar-refractivity contribution is -0.129. The lowest BCUT2D eigenvalue weighted by Gasteiger charge is -2.32. The second-order valence-corrected chi connectivity index (χ2v) is 6.82. The molecule has 0 aliphatic carbocycles. The molecular weight excluding hydrogens is 326 g/mol. The molecule has 1 unspecified atom stereocenters. The fourth-order valence-electron chi connectivity index (χ4n) is 2.87. The van der Waals surface area contributed by atoms with Crippen LogP contribution in [0.2, 0.25) is 5.02 Å². The zero-order valence-corrected chi connectivity index (χ0v) is 15.6. The number of methoxy groups -OCH3 is 1. The summed E-state index contributed by atoms with van der Waals surface area (Å²) in [5.74, 6) is 1.14. The van der Waals surface area contributed by atoms with Crippen LogP contribution in [-0.2, 0) is 4.79 Å². The third-order valence-electron chi connectivity index (χ3n) is 4.11. The van der Waals surface area contributed by atoms with Gasteiger partial charge in [-0.1, -0.05) is 11.6 Å². The van der Waals surface area contributed by atoms with E-state index in [-0.39, 0.29) is 12.0 Å². The molecule has 0 radical (unpaired) electrons. The molecule has 1 heterocycles. The first-order valence-electron chi connectivity index (χ1n) is 8.45. The molecule has 1 saturated heterocycles. The minimum atomic E-state index is -0.0000380. The van der Waals surface area contributed by atoms with Crippen LogP contribution >= 0.6 is 11.6 Å². The molecule has 1 atom stereocenters. The Kier molecular flexibility index (Phi) is 6.55. The molecule has 1 aromatic carbocycles. The van der Waals surface area contributed by atoms with E-state index in [4.69, 9.17) is 21.1 Å². The average molecular weight is 352 g/mol. The van der Waals surface area contributed by atoms with Gasteiger partial charge in [0, 0.05) is 18.7 Å². The van der Waals surface area contributed by atoms with Crippen LogP contribution in [0.25, 0.3) is 6.08 Å². The average Bonchev–Trinajstić information content (AvgIpc) is 2.54. The molecule has 4 nitrogen and oxygen atoms in total. The Hall–Kier alpha value is -1.68. The van der Waals surface area contributed by atoms with Crippen LogP contribution in [0.15, 0.2) is 18.2 Å². The Balaban J connectivity index is 2.17. The summed E-state index contributed by atoms with van der Waals surface area (Å²) >= 11 is 6.31. The minimum absolute atomic E-state index is 0.0000380. The van der Waals surface area contributed by atoms with E-state index < -0.39 is 0 Å². The number of nitrogens with zero attached hydrogens (tertiary/aromatic N) is 1. The number of amides is 1. The largest absolute Gasteiger partial charge is 0.493 e. The van der Waals surface area contributed by atoms with E-state index in [1.54, 1.807) is 25.3 Å². The van der Waals surface area contributed by atoms with Crippen LogP contribution in [0.4, 0.5) is 0 Å². The quantitative estimate of drug-likeness (QED) is 0.730. The number of halogens is 1. The number of carbonyl (C=O) groups is 1. The summed E-state index contributed by atoms with van der Waals surface area (Å²) in [6.45, 7) is 6.79. The van der Waals surface area contributed by atoms with Crippen LogP contribution < -0.4 is 9.47 Å². The van der Waals surface area contributed by atoms with E-state index in [2.05, 4.69) is 6.92 Å². The Morgan fingerprint density at radius 1 is 1.38 bits per heavy atom. The van der Waals surface area contributed by atoms with Crippen LogP contribution in [-0.4, -0.2) is 36.6 Å². The molecule has 24 heavy (non-hydrogen) atoms. The van der Waals surface area contributed by atoms with E-state index in [1.807, 2.05) is 24.8 Å². The number of likely N-dealkylation sites (tertiary alicyclic amines) is 1. The van der Waals surface area contributed by atoms with Crippen molar-refractivity contribution in [1.29, 1.82) is 0 Å². The lowest BCUT2D eigenvalue weighted by Crippen LogP contribution is -2.41. The predicted molar refractivity (Wildman–Crippen MR) is 97.8 cm³/mol. The van der Waals surface area contributed by atoms with Crippen molar-refractivity contribution in [2.24, 2.45) is 0 Å². The summed E-state index contributed by atoms with van der Waals surface area (Å²) in [5.41, 5.74) is 0.811. The van der Waals surface area contributed by atoms with Crippen molar-refractivity contribution in [3.8, 4) is 11.5 Å². The summed E-state index contributed by atoms with van der Waals surface area (Å²) in [6.07, 6.45) is 6.72. The maximum atomic E-state index is 12.4. The molecule has 1 aromatic rings. The Bertz CT molecular complexity index is 613. The third-order valence-corrected chi connectivity index (χ3v) is 4.39. The number of rotatable bonds is 5. The van der Waals surface area contributed by atoms with Gasteiger partial charge in [0.05, 0.1) is 18.2 Å². The number of hydrogen-bond donors (Lipinski definition) is 0. The van der Waals surface area contributed by atoms with E-state index in [1.165, 1.54) is 6.42 Å². The van der Waals surface area contributed by atoms with Crippen molar-refractivity contribution in [3.63, 3.8) is 0 Å². The molecule has 1 aliphatic heterocycles. The van der Waals surface area contributed by atoms with Crippen LogP contribution in [0, 0.1) is 0 Å². The Morgan fingerprint density at radius 2 is 2.12 bits per heavy atom. The highest BCUT2D eigenvalue weighted by atomic mass is 35.5. The van der Waals surface area contributed by atoms with Gasteiger partial charge in [0.25, 0.3) is 0 Å². The number of carbonyl (C=O) groups excluding carboxylic acids is 1. The van der Waals surface area contributed by atoms with E-state index >= 15 is 0 Å². The highest BCUT2D eigenvalue weighted by Crippen LogP contribution is 2.37. The SMILES string of the molecule is COc1cc(/C=C/C(=O)N2CCCCC2C)cc(Cl)c1OC(C)C. The monoisotopic (exact) mass is 351 g/mol. The smallest absolute Gasteiger partial charge is 0.246 e. The molecule has 132 valence electrons. The molecule has 0 bridgehead atoms. The van der Waals surface area contributed by atoms with Gasteiger partial charge in [0.15, 0.2) is 11.5 Å². The third kappa shape index (κ3) is 4.67. The van der Waals surface area contributed by atoms with Gasteiger partial charge in [0.1, 0.15) is 0 Å². The molecule has 0 N–H and O–H groups in total. The first-order chi connectivity index (χ1) is 11.4. The highest BCUT2D eigenvalue weighted by Gasteiger charge is 2.21. The fourth-order valence-corrected chi connectivity index (χ4v) is 3.14. The van der Waals surface area contributed by atoms with Crippen molar-refractivity contribution in [2.75, 3.05) is 13.7 Å². The second-order valence-electron chi connectivity index (χ2n) is 6.41. The fraction of sp³-hybridized carbons (Fsp3) is 0.526. The van der Waals surface area contributed by atoms with E-state index in [0.717, 1.165) is 24.9 Å². The molecule has 5 heteroatoms. The molecule has 1 fully saturated rings. The summed E-state index contributed by atoms with van der Waals surface area (Å²) in [5, 5.41) is 0.474. The van der Waals surface area contributed by atoms with Crippen molar-refractivity contribution >= 4 is 23.6 Å². The van der Waals surface area contributed by atoms with E-state index in [9.17, 15) is 4.79 Å². The summed E-state index contributed by atoms with van der Waals surface area (Å²) in [7, 11) is 1.58. The zero-order valence-electron chi connectivity index (χ0n) is 14.8. The summed E-state index contributed by atoms with van der Waals surface area (Å²) in [4.78, 5) is 14.3. The highest BCUT2D eigenvalue weighted by molar-refractivity contribution is 6.32. The Labute approximate surface area is 149 Å². The molecule has 0 spiro atoms. The lowest BCUT2D eigenvalue weighted by atomic mass is 10.0. The predicted octanol–water partition coefficient (Wildman–Crippen LogP) is 4.55. The van der Waals surface area contributed by atoms with Gasteiger partial charge in [-0.25, -0.2) is 0 Å². The van der Waals surface area contributed by atoms with Gasteiger partial charge < -0.3 is 14.4 Å². The second kappa shape index (κ2) is 8.43. The number of benzene rings is 1. The molecule has 2 rings (SSSR count). The molecular formula is C19H26ClNO3. The van der Waals surface area contributed by atoms with Crippen molar-refractivity contribution in [1.82, 2.24) is 4.90 Å². The van der Waals surface area contributed by atoms with E-state index in [0.29, 0.717) is 22.6 Å². The first kappa shape index (κ1) is 18.7. The summed E-state index contributed by atoms with van der Waals surface area (Å²) < 4.78 is 11.1. The van der Waals surface area contributed by atoms with Gasteiger partial charge in [-0.3, -0.25) is 4.79 Å². The summed E-state index contributed by atoms with van der Waals surface area (Å²) in [6, 6.07) is 3.91. The molecule has 1 aliphatic rings. The van der Waals surface area contributed by atoms with Gasteiger partial charge in [0.2, 0.25) is 5.91 Å². The van der Waals surface area contributed by atoms with Gasteiger partial charge in [-0.05, 0) is 63.8 Å². The van der Waals surface area contributed by atoms with Gasteiger partial charge in [-0.15, -0.1) is 0 Å². The normalized spacial score (nSPS) is 18.2. The number of ether oxygens (including phenoxy) is 2. The molecule has 1 amide bonds. The zero-order chi connectivity index (χ0) is 17.7. The Morgan fingerprint density at radius 3 is 2.75 bits per heavy atom. The molecule has 0 aromatic heterocycles. The first-order valence-corrected chi connectivity index (χ1v) is 8.83.